The summed E-state index contributed by atoms with van der Waals surface area (Å²) in [4.78, 5) is 12.7. The number of nitrogen functional groups attached to an aromatic ring is 1. The number of benzene rings is 2. The molecule has 0 unspecified atom stereocenters. The van der Waals surface area contributed by atoms with E-state index in [4.69, 9.17) is 5.73 Å². The number of hydrogen-bond acceptors (Lipinski definition) is 3. The van der Waals surface area contributed by atoms with Crippen LogP contribution in [-0.4, -0.2) is 11.7 Å². The molecule has 0 spiro atoms. The van der Waals surface area contributed by atoms with Gasteiger partial charge in [-0.1, -0.05) is 12.1 Å². The number of nitrogens with two attached hydrogens (primary N) is 1. The molecule has 2 aromatic rings. The molecular formula is C16H17FN2OS. The summed E-state index contributed by atoms with van der Waals surface area (Å²) in [6.45, 7) is 3.64. The van der Waals surface area contributed by atoms with E-state index >= 15 is 0 Å². The summed E-state index contributed by atoms with van der Waals surface area (Å²) in [6, 6.07) is 10.4. The predicted molar refractivity (Wildman–Crippen MR) is 86.1 cm³/mol. The second kappa shape index (κ2) is 6.63. The Morgan fingerprint density at radius 2 is 2.00 bits per heavy atom. The summed E-state index contributed by atoms with van der Waals surface area (Å²) in [7, 11) is 0. The zero-order valence-corrected chi connectivity index (χ0v) is 12.8. The molecule has 0 atom stereocenters. The van der Waals surface area contributed by atoms with Crippen molar-refractivity contribution in [1.29, 1.82) is 0 Å². The maximum atomic E-state index is 13.4. The van der Waals surface area contributed by atoms with Crippen LogP contribution in [0.5, 0.6) is 0 Å². The summed E-state index contributed by atoms with van der Waals surface area (Å²) >= 11 is 1.36. The van der Waals surface area contributed by atoms with Crippen LogP contribution < -0.4 is 11.1 Å². The molecular weight excluding hydrogens is 287 g/mol. The Hall–Kier alpha value is -2.01. The molecule has 0 radical (unpaired) electrons. The Labute approximate surface area is 127 Å². The third kappa shape index (κ3) is 4.23. The molecule has 2 rings (SSSR count). The minimum absolute atomic E-state index is 0.191. The maximum absolute atomic E-state index is 13.4. The molecule has 0 aliphatic rings. The lowest BCUT2D eigenvalue weighted by Gasteiger charge is -2.08. The quantitative estimate of drug-likeness (QED) is 0.668. The fourth-order valence-electron chi connectivity index (χ4n) is 1.81. The topological polar surface area (TPSA) is 55.1 Å². The zero-order chi connectivity index (χ0) is 15.4. The summed E-state index contributed by atoms with van der Waals surface area (Å²) in [5.41, 5.74) is 8.65. The number of nitrogens with one attached hydrogen (secondary N) is 1. The summed E-state index contributed by atoms with van der Waals surface area (Å²) < 4.78 is 13.4. The Bertz CT molecular complexity index is 673. The predicted octanol–water partition coefficient (Wildman–Crippen LogP) is 3.76. The van der Waals surface area contributed by atoms with Gasteiger partial charge in [-0.15, -0.1) is 11.8 Å². The molecule has 0 bridgehead atoms. The fraction of sp³-hybridized carbons (Fsp3) is 0.188. The van der Waals surface area contributed by atoms with Crippen molar-refractivity contribution in [2.45, 2.75) is 18.7 Å². The lowest BCUT2D eigenvalue weighted by Crippen LogP contribution is -2.14. The van der Waals surface area contributed by atoms with E-state index in [2.05, 4.69) is 5.32 Å². The van der Waals surface area contributed by atoms with E-state index in [0.29, 0.717) is 16.9 Å². The number of halogens is 1. The number of hydrogen-bond donors (Lipinski definition) is 2. The van der Waals surface area contributed by atoms with E-state index in [9.17, 15) is 9.18 Å². The highest BCUT2D eigenvalue weighted by atomic mass is 32.2. The molecule has 21 heavy (non-hydrogen) atoms. The summed E-state index contributed by atoms with van der Waals surface area (Å²) in [6.07, 6.45) is 0. The third-order valence-electron chi connectivity index (χ3n) is 2.98. The molecule has 2 aromatic carbocycles. The normalized spacial score (nSPS) is 10.4. The number of rotatable bonds is 4. The number of amides is 1. The maximum Gasteiger partial charge on any atom is 0.234 e. The molecule has 5 heteroatoms. The number of anilines is 2. The second-order valence-corrected chi connectivity index (χ2v) is 5.86. The van der Waals surface area contributed by atoms with E-state index < -0.39 is 0 Å². The smallest absolute Gasteiger partial charge is 0.234 e. The van der Waals surface area contributed by atoms with Gasteiger partial charge >= 0.3 is 0 Å². The Kier molecular flexibility index (Phi) is 4.85. The van der Waals surface area contributed by atoms with Crippen molar-refractivity contribution in [1.82, 2.24) is 0 Å². The monoisotopic (exact) mass is 304 g/mol. The average molecular weight is 304 g/mol. The Balaban J connectivity index is 1.94. The van der Waals surface area contributed by atoms with Crippen molar-refractivity contribution in [3.63, 3.8) is 0 Å². The van der Waals surface area contributed by atoms with Crippen molar-refractivity contribution in [2.24, 2.45) is 0 Å². The van der Waals surface area contributed by atoms with Gasteiger partial charge in [0, 0.05) is 16.3 Å². The molecule has 0 fully saturated rings. The van der Waals surface area contributed by atoms with E-state index in [1.165, 1.54) is 17.8 Å². The second-order valence-electron chi connectivity index (χ2n) is 4.84. The standard InChI is InChI=1S/C16H17FN2OS/c1-10-3-6-15(14(18)7-10)21-9-16(20)19-12-5-4-11(2)13(17)8-12/h3-8H,9,18H2,1-2H3,(H,19,20). The lowest BCUT2D eigenvalue weighted by molar-refractivity contribution is -0.113. The molecule has 110 valence electrons. The first-order valence-electron chi connectivity index (χ1n) is 6.50. The van der Waals surface area contributed by atoms with E-state index in [1.807, 2.05) is 25.1 Å². The molecule has 0 saturated carbocycles. The van der Waals surface area contributed by atoms with Crippen LogP contribution in [0.2, 0.25) is 0 Å². The highest BCUT2D eigenvalue weighted by Crippen LogP contribution is 2.26. The van der Waals surface area contributed by atoms with Crippen LogP contribution in [0.4, 0.5) is 15.8 Å². The SMILES string of the molecule is Cc1ccc(SCC(=O)Nc2ccc(C)c(F)c2)c(N)c1. The van der Waals surface area contributed by atoms with Crippen molar-refractivity contribution in [3.05, 3.63) is 53.3 Å². The summed E-state index contributed by atoms with van der Waals surface area (Å²) in [5, 5.41) is 2.67. The first-order valence-corrected chi connectivity index (χ1v) is 7.49. The van der Waals surface area contributed by atoms with Crippen LogP contribution in [-0.2, 0) is 4.79 Å². The van der Waals surface area contributed by atoms with Crippen molar-refractivity contribution < 1.29 is 9.18 Å². The lowest BCUT2D eigenvalue weighted by atomic mass is 10.2. The van der Waals surface area contributed by atoms with Gasteiger partial charge in [0.2, 0.25) is 5.91 Å². The molecule has 0 heterocycles. The van der Waals surface area contributed by atoms with Crippen LogP contribution in [0, 0.1) is 19.7 Å². The molecule has 0 saturated heterocycles. The number of aryl methyl sites for hydroxylation is 2. The van der Waals surface area contributed by atoms with Gasteiger partial charge in [0.25, 0.3) is 0 Å². The molecule has 3 nitrogen and oxygen atoms in total. The fourth-order valence-corrected chi connectivity index (χ4v) is 2.56. The first kappa shape index (κ1) is 15.4. The highest BCUT2D eigenvalue weighted by molar-refractivity contribution is 8.00. The first-order chi connectivity index (χ1) is 9.95. The largest absolute Gasteiger partial charge is 0.398 e. The molecule has 1 amide bonds. The van der Waals surface area contributed by atoms with Gasteiger partial charge < -0.3 is 11.1 Å². The van der Waals surface area contributed by atoms with Gasteiger partial charge in [-0.05, 0) is 49.2 Å². The van der Waals surface area contributed by atoms with E-state index in [1.54, 1.807) is 19.1 Å². The molecule has 0 aromatic heterocycles. The van der Waals surface area contributed by atoms with Crippen LogP contribution in [0.25, 0.3) is 0 Å². The van der Waals surface area contributed by atoms with Crippen molar-refractivity contribution in [2.75, 3.05) is 16.8 Å². The van der Waals surface area contributed by atoms with Gasteiger partial charge in [0.1, 0.15) is 5.82 Å². The van der Waals surface area contributed by atoms with Crippen LogP contribution in [0.15, 0.2) is 41.3 Å². The zero-order valence-electron chi connectivity index (χ0n) is 11.9. The number of carbonyl (C=O) groups excluding carboxylic acids is 1. The van der Waals surface area contributed by atoms with Gasteiger partial charge in [-0.2, -0.15) is 0 Å². The van der Waals surface area contributed by atoms with E-state index in [0.717, 1.165) is 10.5 Å². The number of thioether (sulfide) groups is 1. The average Bonchev–Trinajstić information content (AvgIpc) is 2.42. The van der Waals surface area contributed by atoms with Gasteiger partial charge in [-0.25, -0.2) is 4.39 Å². The van der Waals surface area contributed by atoms with Gasteiger partial charge in [0.15, 0.2) is 0 Å². The molecule has 3 N–H and O–H groups in total. The van der Waals surface area contributed by atoms with Gasteiger partial charge in [0.05, 0.1) is 5.75 Å². The summed E-state index contributed by atoms with van der Waals surface area (Å²) in [5.74, 6) is -0.297. The van der Waals surface area contributed by atoms with E-state index in [-0.39, 0.29) is 17.5 Å². The van der Waals surface area contributed by atoms with Crippen LogP contribution in [0.1, 0.15) is 11.1 Å². The van der Waals surface area contributed by atoms with Gasteiger partial charge in [-0.3, -0.25) is 4.79 Å². The van der Waals surface area contributed by atoms with Crippen molar-refractivity contribution >= 4 is 29.0 Å². The minimum Gasteiger partial charge on any atom is -0.398 e. The Morgan fingerprint density at radius 3 is 2.67 bits per heavy atom. The number of carbonyl (C=O) groups is 1. The van der Waals surface area contributed by atoms with Crippen LogP contribution >= 0.6 is 11.8 Å². The third-order valence-corrected chi connectivity index (χ3v) is 4.07. The van der Waals surface area contributed by atoms with Crippen LogP contribution in [0.3, 0.4) is 0 Å². The molecule has 0 aliphatic heterocycles. The molecule has 0 aliphatic carbocycles. The Morgan fingerprint density at radius 1 is 1.24 bits per heavy atom. The minimum atomic E-state index is -0.330. The highest BCUT2D eigenvalue weighted by Gasteiger charge is 2.07. The van der Waals surface area contributed by atoms with Crippen molar-refractivity contribution in [3.8, 4) is 0 Å².